The van der Waals surface area contributed by atoms with E-state index in [1.165, 1.54) is 12.1 Å². The van der Waals surface area contributed by atoms with Gasteiger partial charge in [0.25, 0.3) is 0 Å². The van der Waals surface area contributed by atoms with E-state index in [-0.39, 0.29) is 0 Å². The molecular weight excluding hydrogens is 287 g/mol. The van der Waals surface area contributed by atoms with Crippen molar-refractivity contribution in [2.24, 2.45) is 0 Å². The number of benzene rings is 1. The Balaban J connectivity index is 0.000000336. The van der Waals surface area contributed by atoms with Crippen LogP contribution in [0.5, 0.6) is 0 Å². The summed E-state index contributed by atoms with van der Waals surface area (Å²) in [7, 11) is -4.64. The van der Waals surface area contributed by atoms with Crippen molar-refractivity contribution in [1.82, 2.24) is 0 Å². The van der Waals surface area contributed by atoms with Crippen molar-refractivity contribution >= 4 is 48.3 Å². The SMILES string of the molecule is Nc1cc(Cl)c(Cl)cc1Cl.O=P(O)(O)O. The standard InChI is InChI=1S/C6H4Cl3N.H3O4P/c7-3-1-5(9)6(10)2-4(3)8;1-5(2,3)4/h1-2H,10H2;(H3,1,2,3,4). The van der Waals surface area contributed by atoms with E-state index in [0.29, 0.717) is 20.8 Å². The minimum absolute atomic E-state index is 0.417. The Morgan fingerprint density at radius 1 is 1.00 bits per heavy atom. The fraction of sp³-hybridized carbons (Fsp3) is 0. The molecule has 5 N–H and O–H groups in total. The zero-order valence-electron chi connectivity index (χ0n) is 7.06. The summed E-state index contributed by atoms with van der Waals surface area (Å²) in [5, 5.41) is 1.26. The van der Waals surface area contributed by atoms with Crippen LogP contribution in [-0.2, 0) is 4.57 Å². The second-order valence-electron chi connectivity index (χ2n) is 2.30. The first-order valence-corrected chi connectivity index (χ1v) is 5.99. The van der Waals surface area contributed by atoms with Crippen LogP contribution >= 0.6 is 42.6 Å². The summed E-state index contributed by atoms with van der Waals surface area (Å²) < 4.78 is 8.88. The second kappa shape index (κ2) is 5.92. The Labute approximate surface area is 101 Å². The Bertz CT molecular complexity index is 336. The van der Waals surface area contributed by atoms with Gasteiger partial charge in [-0.15, -0.1) is 0 Å². The van der Waals surface area contributed by atoms with E-state index in [2.05, 4.69) is 0 Å². The van der Waals surface area contributed by atoms with Crippen LogP contribution in [0.3, 0.4) is 0 Å². The van der Waals surface area contributed by atoms with Gasteiger partial charge in [-0.3, -0.25) is 0 Å². The molecular formula is C6H7Cl3NO4P. The third-order valence-corrected chi connectivity index (χ3v) is 2.09. The minimum atomic E-state index is -4.64. The summed E-state index contributed by atoms with van der Waals surface area (Å²) in [6.45, 7) is 0. The van der Waals surface area contributed by atoms with Crippen LogP contribution in [0.4, 0.5) is 5.69 Å². The van der Waals surface area contributed by atoms with Crippen LogP contribution in [0.25, 0.3) is 0 Å². The molecule has 0 aliphatic rings. The van der Waals surface area contributed by atoms with Crippen molar-refractivity contribution in [1.29, 1.82) is 0 Å². The average Bonchev–Trinajstić information content (AvgIpc) is 1.98. The molecule has 0 unspecified atom stereocenters. The summed E-state index contributed by atoms with van der Waals surface area (Å²) >= 11 is 16.8. The molecule has 15 heavy (non-hydrogen) atoms. The van der Waals surface area contributed by atoms with Gasteiger partial charge in [-0.25, -0.2) is 4.57 Å². The van der Waals surface area contributed by atoms with Gasteiger partial charge in [-0.1, -0.05) is 34.8 Å². The lowest BCUT2D eigenvalue weighted by atomic mass is 10.3. The van der Waals surface area contributed by atoms with Crippen molar-refractivity contribution in [2.45, 2.75) is 0 Å². The normalized spacial score (nSPS) is 10.5. The van der Waals surface area contributed by atoms with E-state index in [4.69, 9.17) is 59.8 Å². The van der Waals surface area contributed by atoms with E-state index in [1.807, 2.05) is 0 Å². The highest BCUT2D eigenvalue weighted by Crippen LogP contribution is 2.29. The first-order valence-electron chi connectivity index (χ1n) is 3.29. The topological polar surface area (TPSA) is 104 Å². The van der Waals surface area contributed by atoms with Crippen molar-refractivity contribution < 1.29 is 19.2 Å². The quantitative estimate of drug-likeness (QED) is 0.334. The van der Waals surface area contributed by atoms with E-state index in [9.17, 15) is 0 Å². The minimum Gasteiger partial charge on any atom is -0.397 e. The highest BCUT2D eigenvalue weighted by molar-refractivity contribution is 7.45. The van der Waals surface area contributed by atoms with Gasteiger partial charge in [0.2, 0.25) is 0 Å². The second-order valence-corrected chi connectivity index (χ2v) is 4.55. The number of hydrogen-bond acceptors (Lipinski definition) is 2. The van der Waals surface area contributed by atoms with Gasteiger partial charge in [0.1, 0.15) is 0 Å². The van der Waals surface area contributed by atoms with E-state index < -0.39 is 7.82 Å². The lowest BCUT2D eigenvalue weighted by Gasteiger charge is -1.99. The number of hydrogen-bond donors (Lipinski definition) is 4. The Morgan fingerprint density at radius 2 is 1.33 bits per heavy atom. The lowest BCUT2D eigenvalue weighted by Crippen LogP contribution is -1.85. The Hall–Kier alpha value is -0.000000000000000180. The summed E-state index contributed by atoms with van der Waals surface area (Å²) in [5.74, 6) is 0. The molecule has 5 nitrogen and oxygen atoms in total. The van der Waals surface area contributed by atoms with Crippen LogP contribution in [0.2, 0.25) is 15.1 Å². The van der Waals surface area contributed by atoms with Crippen LogP contribution in [0.1, 0.15) is 0 Å². The number of nitrogens with two attached hydrogens (primary N) is 1. The molecule has 1 rings (SSSR count). The summed E-state index contributed by atoms with van der Waals surface area (Å²) in [6.07, 6.45) is 0. The molecule has 9 heteroatoms. The molecule has 0 aliphatic heterocycles. The third kappa shape index (κ3) is 7.88. The van der Waals surface area contributed by atoms with Crippen LogP contribution in [0, 0.1) is 0 Å². The monoisotopic (exact) mass is 293 g/mol. The van der Waals surface area contributed by atoms with E-state index in [1.54, 1.807) is 0 Å². The van der Waals surface area contributed by atoms with E-state index in [0.717, 1.165) is 0 Å². The Morgan fingerprint density at radius 3 is 1.67 bits per heavy atom. The molecule has 0 saturated carbocycles. The summed E-state index contributed by atoms with van der Waals surface area (Å²) in [4.78, 5) is 21.6. The summed E-state index contributed by atoms with van der Waals surface area (Å²) in [5.41, 5.74) is 5.86. The van der Waals surface area contributed by atoms with Crippen LogP contribution < -0.4 is 5.73 Å². The van der Waals surface area contributed by atoms with Crippen LogP contribution in [0.15, 0.2) is 12.1 Å². The van der Waals surface area contributed by atoms with Gasteiger partial charge in [0, 0.05) is 0 Å². The zero-order valence-corrected chi connectivity index (χ0v) is 10.2. The van der Waals surface area contributed by atoms with Gasteiger partial charge in [-0.2, -0.15) is 0 Å². The highest BCUT2D eigenvalue weighted by Gasteiger charge is 2.01. The number of rotatable bonds is 0. The smallest absolute Gasteiger partial charge is 0.397 e. The maximum absolute atomic E-state index is 8.88. The molecule has 0 radical (unpaired) electrons. The maximum Gasteiger partial charge on any atom is 0.466 e. The molecule has 1 aromatic carbocycles. The molecule has 86 valence electrons. The summed E-state index contributed by atoms with van der Waals surface area (Å²) in [6, 6.07) is 3.03. The molecule has 0 aromatic heterocycles. The molecule has 0 amide bonds. The van der Waals surface area contributed by atoms with Crippen molar-refractivity contribution in [3.63, 3.8) is 0 Å². The average molecular weight is 294 g/mol. The fourth-order valence-corrected chi connectivity index (χ4v) is 1.09. The fourth-order valence-electron chi connectivity index (χ4n) is 0.538. The zero-order chi connectivity index (χ0) is 12.2. The first kappa shape index (κ1) is 15.0. The van der Waals surface area contributed by atoms with E-state index >= 15 is 0 Å². The van der Waals surface area contributed by atoms with Gasteiger partial charge in [-0.05, 0) is 12.1 Å². The molecule has 0 saturated heterocycles. The first-order chi connectivity index (χ1) is 6.61. The largest absolute Gasteiger partial charge is 0.466 e. The predicted octanol–water partition coefficient (Wildman–Crippen LogP) is 2.30. The van der Waals surface area contributed by atoms with Gasteiger partial charge in [0.05, 0.1) is 20.8 Å². The lowest BCUT2D eigenvalue weighted by molar-refractivity contribution is 0.275. The van der Waals surface area contributed by atoms with Gasteiger partial charge >= 0.3 is 7.82 Å². The number of nitrogen functional groups attached to an aromatic ring is 1. The molecule has 0 atom stereocenters. The van der Waals surface area contributed by atoms with Crippen molar-refractivity contribution in [3.8, 4) is 0 Å². The van der Waals surface area contributed by atoms with Crippen LogP contribution in [-0.4, -0.2) is 14.7 Å². The third-order valence-electron chi connectivity index (χ3n) is 1.04. The number of halogens is 3. The molecule has 0 bridgehead atoms. The van der Waals surface area contributed by atoms with Crippen molar-refractivity contribution in [3.05, 3.63) is 27.2 Å². The molecule has 0 aliphatic carbocycles. The molecule has 0 heterocycles. The molecule has 0 spiro atoms. The number of anilines is 1. The van der Waals surface area contributed by atoms with Gasteiger partial charge < -0.3 is 20.4 Å². The molecule has 1 aromatic rings. The maximum atomic E-state index is 8.88. The Kier molecular flexibility index (Phi) is 5.92. The van der Waals surface area contributed by atoms with Crippen molar-refractivity contribution in [2.75, 3.05) is 5.73 Å². The molecule has 0 fully saturated rings. The number of phosphoric acid groups is 1. The highest BCUT2D eigenvalue weighted by atomic mass is 35.5. The van der Waals surface area contributed by atoms with Gasteiger partial charge in [0.15, 0.2) is 0 Å². The predicted molar refractivity (Wildman–Crippen MR) is 60.1 cm³/mol.